The highest BCUT2D eigenvalue weighted by atomic mass is 19.4. The van der Waals surface area contributed by atoms with Crippen LogP contribution in [0.5, 0.6) is 0 Å². The molecule has 26 heavy (non-hydrogen) atoms. The average molecular weight is 375 g/mol. The first-order valence-corrected chi connectivity index (χ1v) is 8.37. The Hall–Kier alpha value is -1.84. The molecule has 0 aromatic heterocycles. The molecule has 0 spiro atoms. The fourth-order valence-electron chi connectivity index (χ4n) is 2.66. The summed E-state index contributed by atoms with van der Waals surface area (Å²) in [7, 11) is 1.55. The summed E-state index contributed by atoms with van der Waals surface area (Å²) in [5.74, 6) is -0.415. The van der Waals surface area contributed by atoms with Crippen molar-refractivity contribution in [2.24, 2.45) is 0 Å². The van der Waals surface area contributed by atoms with Crippen LogP contribution in [-0.2, 0) is 20.4 Å². The molecule has 1 fully saturated rings. The maximum absolute atomic E-state index is 13.0. The van der Waals surface area contributed by atoms with Gasteiger partial charge in [-0.05, 0) is 25.1 Å². The number of methoxy groups -OCH3 is 1. The Morgan fingerprint density at radius 2 is 2.04 bits per heavy atom. The van der Waals surface area contributed by atoms with Crippen LogP contribution in [0.2, 0.25) is 0 Å². The van der Waals surface area contributed by atoms with Crippen molar-refractivity contribution in [1.82, 2.24) is 5.32 Å². The average Bonchev–Trinajstić information content (AvgIpc) is 2.60. The molecule has 1 unspecified atom stereocenters. The van der Waals surface area contributed by atoms with Crippen molar-refractivity contribution in [2.75, 3.05) is 56.8 Å². The number of ether oxygens (including phenoxy) is 2. The second-order valence-electron chi connectivity index (χ2n) is 6.11. The molecule has 0 aliphatic carbocycles. The van der Waals surface area contributed by atoms with E-state index in [2.05, 4.69) is 10.6 Å². The van der Waals surface area contributed by atoms with Gasteiger partial charge >= 0.3 is 6.18 Å². The molecule has 9 heteroatoms. The second-order valence-corrected chi connectivity index (χ2v) is 6.11. The summed E-state index contributed by atoms with van der Waals surface area (Å²) in [6, 6.07) is 3.34. The number of benzene rings is 1. The number of halogens is 3. The number of amides is 1. The number of rotatable bonds is 7. The lowest BCUT2D eigenvalue weighted by Gasteiger charge is -2.31. The Morgan fingerprint density at radius 1 is 1.35 bits per heavy atom. The van der Waals surface area contributed by atoms with Crippen LogP contribution in [0.15, 0.2) is 18.2 Å². The summed E-state index contributed by atoms with van der Waals surface area (Å²) >= 11 is 0. The molecule has 1 aliphatic rings. The van der Waals surface area contributed by atoms with Crippen LogP contribution in [0, 0.1) is 0 Å². The minimum atomic E-state index is -4.48. The number of morpholine rings is 1. The zero-order valence-corrected chi connectivity index (χ0v) is 14.9. The highest BCUT2D eigenvalue weighted by Crippen LogP contribution is 2.35. The smallest absolute Gasteiger partial charge is 0.383 e. The molecule has 0 radical (unpaired) electrons. The van der Waals surface area contributed by atoms with E-state index >= 15 is 0 Å². The Balaban J connectivity index is 2.15. The van der Waals surface area contributed by atoms with Crippen molar-refractivity contribution in [3.8, 4) is 0 Å². The zero-order chi connectivity index (χ0) is 19.2. The fourth-order valence-corrected chi connectivity index (χ4v) is 2.66. The molecule has 1 heterocycles. The van der Waals surface area contributed by atoms with E-state index in [1.165, 1.54) is 6.07 Å². The van der Waals surface area contributed by atoms with Crippen molar-refractivity contribution in [3.05, 3.63) is 23.8 Å². The summed E-state index contributed by atoms with van der Waals surface area (Å²) in [4.78, 5) is 14.1. The molecule has 146 valence electrons. The lowest BCUT2D eigenvalue weighted by atomic mass is 10.1. The van der Waals surface area contributed by atoms with Crippen LogP contribution in [-0.4, -0.2) is 58.5 Å². The molecule has 6 nitrogen and oxygen atoms in total. The third kappa shape index (κ3) is 5.86. The van der Waals surface area contributed by atoms with Crippen LogP contribution in [0.4, 0.5) is 24.5 Å². The molecule has 2 rings (SSSR count). The highest BCUT2D eigenvalue weighted by Gasteiger charge is 2.31. The van der Waals surface area contributed by atoms with Gasteiger partial charge in [0, 0.05) is 26.2 Å². The largest absolute Gasteiger partial charge is 0.416 e. The van der Waals surface area contributed by atoms with Crippen LogP contribution in [0.25, 0.3) is 0 Å². The molecule has 1 atom stereocenters. The third-order valence-electron chi connectivity index (χ3n) is 3.98. The van der Waals surface area contributed by atoms with E-state index < -0.39 is 17.6 Å². The Morgan fingerprint density at radius 3 is 2.65 bits per heavy atom. The molecule has 1 saturated heterocycles. The van der Waals surface area contributed by atoms with E-state index in [0.29, 0.717) is 38.6 Å². The monoisotopic (exact) mass is 375 g/mol. The van der Waals surface area contributed by atoms with Gasteiger partial charge in [-0.1, -0.05) is 0 Å². The molecular weight excluding hydrogens is 351 g/mol. The maximum Gasteiger partial charge on any atom is 0.416 e. The highest BCUT2D eigenvalue weighted by molar-refractivity contribution is 5.95. The first-order chi connectivity index (χ1) is 12.3. The van der Waals surface area contributed by atoms with Gasteiger partial charge in [0.25, 0.3) is 0 Å². The van der Waals surface area contributed by atoms with E-state index in [-0.39, 0.29) is 18.3 Å². The van der Waals surface area contributed by atoms with E-state index in [4.69, 9.17) is 9.47 Å². The van der Waals surface area contributed by atoms with Crippen LogP contribution >= 0.6 is 0 Å². The van der Waals surface area contributed by atoms with Gasteiger partial charge in [0.2, 0.25) is 5.91 Å². The zero-order valence-electron chi connectivity index (χ0n) is 14.9. The van der Waals surface area contributed by atoms with Gasteiger partial charge in [-0.25, -0.2) is 0 Å². The number of carbonyl (C=O) groups is 1. The second kappa shape index (κ2) is 9.20. The Kier molecular flexibility index (Phi) is 7.24. The van der Waals surface area contributed by atoms with Crippen LogP contribution < -0.4 is 15.5 Å². The molecular formula is C17H24F3N3O3. The van der Waals surface area contributed by atoms with Crippen molar-refractivity contribution in [2.45, 2.75) is 19.1 Å². The van der Waals surface area contributed by atoms with Crippen molar-refractivity contribution < 1.29 is 27.4 Å². The number of hydrogen-bond donors (Lipinski definition) is 2. The van der Waals surface area contributed by atoms with Crippen molar-refractivity contribution in [1.29, 1.82) is 0 Å². The SMILES string of the molecule is COCC(C)NCC(=O)Nc1cc(C(F)(F)F)ccc1N1CCOCC1. The summed E-state index contributed by atoms with van der Waals surface area (Å²) in [6.07, 6.45) is -4.48. The summed E-state index contributed by atoms with van der Waals surface area (Å²) in [5, 5.41) is 5.55. The minimum absolute atomic E-state index is 0.0245. The quantitative estimate of drug-likeness (QED) is 0.764. The number of alkyl halides is 3. The molecule has 1 aliphatic heterocycles. The maximum atomic E-state index is 13.0. The molecule has 1 aromatic carbocycles. The molecule has 2 N–H and O–H groups in total. The van der Waals surface area contributed by atoms with Gasteiger partial charge in [0.1, 0.15) is 0 Å². The molecule has 1 aromatic rings. The van der Waals surface area contributed by atoms with E-state index in [9.17, 15) is 18.0 Å². The van der Waals surface area contributed by atoms with Gasteiger partial charge in [-0.15, -0.1) is 0 Å². The molecule has 0 saturated carbocycles. The van der Waals surface area contributed by atoms with Crippen molar-refractivity contribution >= 4 is 17.3 Å². The molecule has 1 amide bonds. The number of anilines is 2. The third-order valence-corrected chi connectivity index (χ3v) is 3.98. The number of nitrogens with one attached hydrogen (secondary N) is 2. The summed E-state index contributed by atoms with van der Waals surface area (Å²) < 4.78 is 49.4. The van der Waals surface area contributed by atoms with E-state index in [0.717, 1.165) is 12.1 Å². The first kappa shape index (κ1) is 20.5. The van der Waals surface area contributed by atoms with Gasteiger partial charge in [0.15, 0.2) is 0 Å². The van der Waals surface area contributed by atoms with E-state index in [1.807, 2.05) is 11.8 Å². The summed E-state index contributed by atoms with van der Waals surface area (Å²) in [5.41, 5.74) is -0.0990. The van der Waals surface area contributed by atoms with Crippen LogP contribution in [0.3, 0.4) is 0 Å². The van der Waals surface area contributed by atoms with Crippen molar-refractivity contribution in [3.63, 3.8) is 0 Å². The van der Waals surface area contributed by atoms with Crippen LogP contribution in [0.1, 0.15) is 12.5 Å². The molecule has 0 bridgehead atoms. The van der Waals surface area contributed by atoms with Gasteiger partial charge in [0.05, 0.1) is 43.3 Å². The van der Waals surface area contributed by atoms with E-state index in [1.54, 1.807) is 7.11 Å². The topological polar surface area (TPSA) is 62.8 Å². The normalized spacial score (nSPS) is 16.4. The summed E-state index contributed by atoms with van der Waals surface area (Å²) in [6.45, 7) is 4.34. The predicted octanol–water partition coefficient (Wildman–Crippen LogP) is 2.10. The lowest BCUT2D eigenvalue weighted by Crippen LogP contribution is -2.38. The Labute approximate surface area is 150 Å². The predicted molar refractivity (Wildman–Crippen MR) is 92.4 cm³/mol. The van der Waals surface area contributed by atoms with Gasteiger partial charge < -0.3 is 25.0 Å². The minimum Gasteiger partial charge on any atom is -0.383 e. The van der Waals surface area contributed by atoms with Gasteiger partial charge in [-0.3, -0.25) is 4.79 Å². The fraction of sp³-hybridized carbons (Fsp3) is 0.588. The first-order valence-electron chi connectivity index (χ1n) is 8.37. The number of carbonyl (C=O) groups excluding carboxylic acids is 1. The number of nitrogens with zero attached hydrogens (tertiary/aromatic N) is 1. The Bertz CT molecular complexity index is 605. The standard InChI is InChI=1S/C17H24F3N3O3/c1-12(11-25-2)21-10-16(24)22-14-9-13(17(18,19)20)3-4-15(14)23-5-7-26-8-6-23/h3-4,9,12,21H,5-8,10-11H2,1-2H3,(H,22,24). The lowest BCUT2D eigenvalue weighted by molar-refractivity contribution is -0.137. The number of hydrogen-bond acceptors (Lipinski definition) is 5. The van der Waals surface area contributed by atoms with Gasteiger partial charge in [-0.2, -0.15) is 13.2 Å².